The van der Waals surface area contributed by atoms with E-state index in [9.17, 15) is 9.59 Å². The maximum absolute atomic E-state index is 11.4. The highest BCUT2D eigenvalue weighted by molar-refractivity contribution is 6.04. The molecule has 0 aliphatic rings. The van der Waals surface area contributed by atoms with Crippen LogP contribution in [0.1, 0.15) is 20.7 Å². The van der Waals surface area contributed by atoms with Crippen molar-refractivity contribution in [2.75, 3.05) is 13.6 Å². The molecular formula is C10H11NO3. The molecule has 0 aliphatic heterocycles. The zero-order valence-corrected chi connectivity index (χ0v) is 7.78. The number of phenolic OH excluding ortho intramolecular Hbond substituents is 1. The van der Waals surface area contributed by atoms with Crippen LogP contribution in [-0.2, 0) is 0 Å². The number of phenols is 1. The van der Waals surface area contributed by atoms with E-state index >= 15 is 0 Å². The number of hydrogen-bond acceptors (Lipinski definition) is 4. The minimum Gasteiger partial charge on any atom is -0.508 e. The Morgan fingerprint density at radius 3 is 2.86 bits per heavy atom. The van der Waals surface area contributed by atoms with E-state index in [0.717, 1.165) is 0 Å². The summed E-state index contributed by atoms with van der Waals surface area (Å²) < 4.78 is 0. The van der Waals surface area contributed by atoms with E-state index < -0.39 is 0 Å². The number of ketones is 1. The van der Waals surface area contributed by atoms with Gasteiger partial charge in [0.15, 0.2) is 12.1 Å². The number of carbonyl (C=O) groups excluding carboxylic acids is 2. The Labute approximate surface area is 81.6 Å². The van der Waals surface area contributed by atoms with Crippen molar-refractivity contribution in [2.45, 2.75) is 0 Å². The number of nitrogens with one attached hydrogen (secondary N) is 1. The van der Waals surface area contributed by atoms with E-state index in [1.807, 2.05) is 0 Å². The maximum Gasteiger partial charge on any atom is 0.177 e. The van der Waals surface area contributed by atoms with Crippen LogP contribution in [0.2, 0.25) is 0 Å². The first kappa shape index (κ1) is 10.4. The SMILES string of the molecule is CNCC(=O)c1ccc(O)cc1C=O. The molecule has 0 saturated heterocycles. The summed E-state index contributed by atoms with van der Waals surface area (Å²) in [5.74, 6) is -0.192. The Morgan fingerprint density at radius 2 is 2.29 bits per heavy atom. The van der Waals surface area contributed by atoms with Crippen molar-refractivity contribution in [2.24, 2.45) is 0 Å². The summed E-state index contributed by atoms with van der Waals surface area (Å²) >= 11 is 0. The summed E-state index contributed by atoms with van der Waals surface area (Å²) in [6.07, 6.45) is 0.558. The molecule has 0 unspecified atom stereocenters. The van der Waals surface area contributed by atoms with Crippen LogP contribution >= 0.6 is 0 Å². The highest BCUT2D eigenvalue weighted by Crippen LogP contribution is 2.15. The van der Waals surface area contributed by atoms with Gasteiger partial charge in [-0.15, -0.1) is 0 Å². The molecule has 4 heteroatoms. The fraction of sp³-hybridized carbons (Fsp3) is 0.200. The maximum atomic E-state index is 11.4. The molecule has 74 valence electrons. The summed E-state index contributed by atoms with van der Waals surface area (Å²) in [7, 11) is 1.65. The molecule has 1 rings (SSSR count). The first-order valence-corrected chi connectivity index (χ1v) is 4.15. The van der Waals surface area contributed by atoms with Crippen LogP contribution in [0, 0.1) is 0 Å². The van der Waals surface area contributed by atoms with Crippen molar-refractivity contribution in [1.82, 2.24) is 5.32 Å². The molecule has 0 spiro atoms. The van der Waals surface area contributed by atoms with Crippen LogP contribution in [0.5, 0.6) is 5.75 Å². The molecule has 0 saturated carbocycles. The molecule has 0 bridgehead atoms. The van der Waals surface area contributed by atoms with Crippen LogP contribution in [0.25, 0.3) is 0 Å². The predicted octanol–water partition coefficient (Wildman–Crippen LogP) is 0.607. The molecule has 1 aromatic rings. The lowest BCUT2D eigenvalue weighted by atomic mass is 10.0. The average molecular weight is 193 g/mol. The number of benzene rings is 1. The van der Waals surface area contributed by atoms with Gasteiger partial charge in [-0.2, -0.15) is 0 Å². The van der Waals surface area contributed by atoms with Gasteiger partial charge in [-0.3, -0.25) is 9.59 Å². The van der Waals surface area contributed by atoms with Crippen LogP contribution in [0.4, 0.5) is 0 Å². The van der Waals surface area contributed by atoms with E-state index in [0.29, 0.717) is 11.8 Å². The third kappa shape index (κ3) is 2.17. The second-order valence-electron chi connectivity index (χ2n) is 2.84. The second-order valence-corrected chi connectivity index (χ2v) is 2.84. The molecule has 2 N–H and O–H groups in total. The molecule has 0 radical (unpaired) electrons. The van der Waals surface area contributed by atoms with Gasteiger partial charge in [0.1, 0.15) is 5.75 Å². The molecule has 4 nitrogen and oxygen atoms in total. The van der Waals surface area contributed by atoms with E-state index in [1.165, 1.54) is 18.2 Å². The van der Waals surface area contributed by atoms with E-state index in [1.54, 1.807) is 7.05 Å². The van der Waals surface area contributed by atoms with Crippen molar-refractivity contribution >= 4 is 12.1 Å². The largest absolute Gasteiger partial charge is 0.508 e. The fourth-order valence-electron chi connectivity index (χ4n) is 1.16. The summed E-state index contributed by atoms with van der Waals surface area (Å²) in [5, 5.41) is 11.8. The van der Waals surface area contributed by atoms with Crippen LogP contribution in [-0.4, -0.2) is 30.8 Å². The number of Topliss-reactive ketones (excluding diaryl/α,β-unsaturated/α-hetero) is 1. The zero-order chi connectivity index (χ0) is 10.6. The Kier molecular flexibility index (Phi) is 3.36. The third-order valence-electron chi connectivity index (χ3n) is 1.80. The average Bonchev–Trinajstić information content (AvgIpc) is 2.17. The van der Waals surface area contributed by atoms with Gasteiger partial charge in [0.2, 0.25) is 0 Å². The predicted molar refractivity (Wildman–Crippen MR) is 51.8 cm³/mol. The van der Waals surface area contributed by atoms with Crippen LogP contribution < -0.4 is 5.32 Å². The summed E-state index contributed by atoms with van der Waals surface area (Å²) in [5.41, 5.74) is 0.539. The van der Waals surface area contributed by atoms with E-state index in [4.69, 9.17) is 5.11 Å². The Balaban J connectivity index is 3.07. The molecular weight excluding hydrogens is 182 g/mol. The summed E-state index contributed by atoms with van der Waals surface area (Å²) in [4.78, 5) is 22.0. The van der Waals surface area contributed by atoms with Crippen molar-refractivity contribution in [3.8, 4) is 5.75 Å². The lowest BCUT2D eigenvalue weighted by molar-refractivity contribution is 0.0986. The fourth-order valence-corrected chi connectivity index (χ4v) is 1.16. The lowest BCUT2D eigenvalue weighted by Crippen LogP contribution is -2.19. The number of carbonyl (C=O) groups is 2. The molecule has 1 aromatic carbocycles. The van der Waals surface area contributed by atoms with Gasteiger partial charge in [-0.05, 0) is 25.2 Å². The van der Waals surface area contributed by atoms with Crippen molar-refractivity contribution in [1.29, 1.82) is 0 Å². The normalized spacial score (nSPS) is 9.79. The lowest BCUT2D eigenvalue weighted by Gasteiger charge is -2.03. The zero-order valence-electron chi connectivity index (χ0n) is 7.78. The van der Waals surface area contributed by atoms with Crippen molar-refractivity contribution in [3.63, 3.8) is 0 Å². The van der Waals surface area contributed by atoms with Gasteiger partial charge in [-0.1, -0.05) is 0 Å². The quantitative estimate of drug-likeness (QED) is 0.543. The Bertz CT molecular complexity index is 360. The minimum atomic E-state index is -0.172. The van der Waals surface area contributed by atoms with E-state index in [-0.39, 0.29) is 23.6 Å². The second kappa shape index (κ2) is 4.53. The highest BCUT2D eigenvalue weighted by Gasteiger charge is 2.10. The van der Waals surface area contributed by atoms with Crippen LogP contribution in [0.15, 0.2) is 18.2 Å². The molecule has 14 heavy (non-hydrogen) atoms. The molecule has 0 heterocycles. The van der Waals surface area contributed by atoms with Crippen molar-refractivity contribution in [3.05, 3.63) is 29.3 Å². The third-order valence-corrected chi connectivity index (χ3v) is 1.80. The number of rotatable bonds is 4. The number of aromatic hydroxyl groups is 1. The van der Waals surface area contributed by atoms with Gasteiger partial charge >= 0.3 is 0 Å². The first-order chi connectivity index (χ1) is 6.69. The highest BCUT2D eigenvalue weighted by atomic mass is 16.3. The van der Waals surface area contributed by atoms with Gasteiger partial charge in [0.05, 0.1) is 6.54 Å². The molecule has 0 aromatic heterocycles. The number of likely N-dealkylation sites (N-methyl/N-ethyl adjacent to an activating group) is 1. The molecule has 0 atom stereocenters. The van der Waals surface area contributed by atoms with E-state index in [2.05, 4.69) is 5.32 Å². The molecule has 0 amide bonds. The Hall–Kier alpha value is -1.68. The van der Waals surface area contributed by atoms with Gasteiger partial charge in [0, 0.05) is 11.1 Å². The standard InChI is InChI=1S/C10H11NO3/c1-11-5-10(14)9-3-2-8(13)4-7(9)6-12/h2-4,6,11,13H,5H2,1H3. The smallest absolute Gasteiger partial charge is 0.177 e. The van der Waals surface area contributed by atoms with Crippen LogP contribution in [0.3, 0.4) is 0 Å². The number of hydrogen-bond donors (Lipinski definition) is 2. The Morgan fingerprint density at radius 1 is 1.57 bits per heavy atom. The molecule has 0 aliphatic carbocycles. The van der Waals surface area contributed by atoms with Gasteiger partial charge in [-0.25, -0.2) is 0 Å². The van der Waals surface area contributed by atoms with Gasteiger partial charge < -0.3 is 10.4 Å². The van der Waals surface area contributed by atoms with Crippen molar-refractivity contribution < 1.29 is 14.7 Å². The topological polar surface area (TPSA) is 66.4 Å². The minimum absolute atomic E-state index is 0.0203. The summed E-state index contributed by atoms with van der Waals surface area (Å²) in [6, 6.07) is 4.10. The van der Waals surface area contributed by atoms with Gasteiger partial charge in [0.25, 0.3) is 0 Å². The summed E-state index contributed by atoms with van der Waals surface area (Å²) in [6.45, 7) is 0.172. The molecule has 0 fully saturated rings. The first-order valence-electron chi connectivity index (χ1n) is 4.15. The monoisotopic (exact) mass is 193 g/mol. The number of aldehydes is 1.